The topological polar surface area (TPSA) is 0 Å². The summed E-state index contributed by atoms with van der Waals surface area (Å²) >= 11 is 1.87. The van der Waals surface area contributed by atoms with Gasteiger partial charge in [-0.3, -0.25) is 0 Å². The Morgan fingerprint density at radius 2 is 2.14 bits per heavy atom. The summed E-state index contributed by atoms with van der Waals surface area (Å²) < 4.78 is 0. The third-order valence-electron chi connectivity index (χ3n) is 2.22. The highest BCUT2D eigenvalue weighted by molar-refractivity contribution is 7.97. The first-order chi connectivity index (χ1) is 6.63. The van der Waals surface area contributed by atoms with E-state index in [1.807, 2.05) is 11.8 Å². The molecule has 0 radical (unpaired) electrons. The average molecular weight is 206 g/mol. The van der Waals surface area contributed by atoms with Crippen molar-refractivity contribution in [1.29, 1.82) is 0 Å². The van der Waals surface area contributed by atoms with Gasteiger partial charge in [0.2, 0.25) is 0 Å². The van der Waals surface area contributed by atoms with Crippen molar-refractivity contribution in [3.05, 3.63) is 47.0 Å². The largest absolute Gasteiger partial charge is 0.161 e. The third kappa shape index (κ3) is 3.22. The van der Waals surface area contributed by atoms with Gasteiger partial charge in [0.15, 0.2) is 0 Å². The number of aryl methyl sites for hydroxylation is 1. The van der Waals surface area contributed by atoms with Crippen LogP contribution in [0, 0.1) is 6.92 Å². The number of hydrogen-bond acceptors (Lipinski definition) is 1. The maximum Gasteiger partial charge on any atom is 0.0181 e. The number of thioether (sulfide) groups is 1. The molecule has 0 bridgehead atoms. The Morgan fingerprint density at radius 3 is 2.71 bits per heavy atom. The number of benzene rings is 1. The molecule has 1 aromatic rings. The van der Waals surface area contributed by atoms with E-state index in [0.29, 0.717) is 0 Å². The Labute approximate surface area is 91.4 Å². The molecule has 1 rings (SSSR count). The molecule has 0 N–H and O–H groups in total. The van der Waals surface area contributed by atoms with Gasteiger partial charge in [-0.2, -0.15) is 11.8 Å². The molecule has 76 valence electrons. The van der Waals surface area contributed by atoms with E-state index in [0.717, 1.165) is 12.2 Å². The van der Waals surface area contributed by atoms with E-state index in [1.54, 1.807) is 0 Å². The summed E-state index contributed by atoms with van der Waals surface area (Å²) in [6.07, 6.45) is 3.15. The predicted molar refractivity (Wildman–Crippen MR) is 66.9 cm³/mol. The molecule has 0 aliphatic rings. The molecule has 0 aliphatic heterocycles. The fourth-order valence-electron chi connectivity index (χ4n) is 1.50. The van der Waals surface area contributed by atoms with Crippen molar-refractivity contribution >= 4 is 11.8 Å². The standard InChI is InChI=1S/C13H18S/c1-10(2)7-13-8-12(9-14-4)6-5-11(13)3/h5-6,8H,1,7,9H2,2-4H3. The zero-order valence-electron chi connectivity index (χ0n) is 9.26. The van der Waals surface area contributed by atoms with Crippen molar-refractivity contribution in [2.75, 3.05) is 6.26 Å². The van der Waals surface area contributed by atoms with Crippen molar-refractivity contribution in [1.82, 2.24) is 0 Å². The van der Waals surface area contributed by atoms with Crippen LogP contribution in [0.5, 0.6) is 0 Å². The monoisotopic (exact) mass is 206 g/mol. The molecule has 0 spiro atoms. The maximum absolute atomic E-state index is 3.96. The van der Waals surface area contributed by atoms with Gasteiger partial charge in [-0.25, -0.2) is 0 Å². The molecule has 0 heterocycles. The quantitative estimate of drug-likeness (QED) is 0.672. The highest BCUT2D eigenvalue weighted by atomic mass is 32.2. The van der Waals surface area contributed by atoms with Crippen molar-refractivity contribution in [2.45, 2.75) is 26.0 Å². The minimum atomic E-state index is 1.01. The van der Waals surface area contributed by atoms with Gasteiger partial charge in [0.1, 0.15) is 0 Å². The van der Waals surface area contributed by atoms with Crippen LogP contribution in [-0.4, -0.2) is 6.26 Å². The fraction of sp³-hybridized carbons (Fsp3) is 0.385. The van der Waals surface area contributed by atoms with Crippen LogP contribution in [0.15, 0.2) is 30.4 Å². The lowest BCUT2D eigenvalue weighted by atomic mass is 10.00. The van der Waals surface area contributed by atoms with E-state index in [4.69, 9.17) is 0 Å². The van der Waals surface area contributed by atoms with Gasteiger partial charge < -0.3 is 0 Å². The van der Waals surface area contributed by atoms with E-state index >= 15 is 0 Å². The normalized spacial score (nSPS) is 10.2. The summed E-state index contributed by atoms with van der Waals surface area (Å²) in [6.45, 7) is 8.21. The highest BCUT2D eigenvalue weighted by Crippen LogP contribution is 2.17. The minimum absolute atomic E-state index is 1.01. The second-order valence-electron chi connectivity index (χ2n) is 3.83. The molecule has 0 atom stereocenters. The Hall–Kier alpha value is -0.690. The van der Waals surface area contributed by atoms with Crippen LogP contribution in [0.3, 0.4) is 0 Å². The van der Waals surface area contributed by atoms with Gasteiger partial charge in [0, 0.05) is 5.75 Å². The summed E-state index contributed by atoms with van der Waals surface area (Å²) in [4.78, 5) is 0. The van der Waals surface area contributed by atoms with Crippen molar-refractivity contribution < 1.29 is 0 Å². The van der Waals surface area contributed by atoms with Crippen LogP contribution >= 0.6 is 11.8 Å². The summed E-state index contributed by atoms with van der Waals surface area (Å²) in [5, 5.41) is 0. The Kier molecular flexibility index (Phi) is 4.27. The van der Waals surface area contributed by atoms with E-state index < -0.39 is 0 Å². The lowest BCUT2D eigenvalue weighted by Crippen LogP contribution is -1.92. The number of hydrogen-bond donors (Lipinski definition) is 0. The maximum atomic E-state index is 3.96. The van der Waals surface area contributed by atoms with Crippen LogP contribution in [-0.2, 0) is 12.2 Å². The summed E-state index contributed by atoms with van der Waals surface area (Å²) in [5.41, 5.74) is 5.44. The van der Waals surface area contributed by atoms with Crippen LogP contribution in [0.4, 0.5) is 0 Å². The van der Waals surface area contributed by atoms with E-state index in [-0.39, 0.29) is 0 Å². The lowest BCUT2D eigenvalue weighted by molar-refractivity contribution is 1.11. The summed E-state index contributed by atoms with van der Waals surface area (Å²) in [6, 6.07) is 6.73. The van der Waals surface area contributed by atoms with Gasteiger partial charge in [-0.05, 0) is 43.2 Å². The highest BCUT2D eigenvalue weighted by Gasteiger charge is 2.00. The number of allylic oxidation sites excluding steroid dienone is 1. The Morgan fingerprint density at radius 1 is 1.43 bits per heavy atom. The number of rotatable bonds is 4. The molecule has 0 nitrogen and oxygen atoms in total. The molecule has 0 unspecified atom stereocenters. The van der Waals surface area contributed by atoms with Crippen molar-refractivity contribution in [2.24, 2.45) is 0 Å². The SMILES string of the molecule is C=C(C)Cc1cc(CSC)ccc1C. The second-order valence-corrected chi connectivity index (χ2v) is 4.69. The molecule has 0 saturated carbocycles. The molecule has 0 fully saturated rings. The van der Waals surface area contributed by atoms with E-state index in [2.05, 4.69) is 44.9 Å². The Bertz CT molecular complexity index is 326. The van der Waals surface area contributed by atoms with E-state index in [9.17, 15) is 0 Å². The van der Waals surface area contributed by atoms with Crippen LogP contribution < -0.4 is 0 Å². The zero-order chi connectivity index (χ0) is 10.6. The van der Waals surface area contributed by atoms with Crippen LogP contribution in [0.1, 0.15) is 23.6 Å². The first kappa shape index (κ1) is 11.4. The minimum Gasteiger partial charge on any atom is -0.161 e. The fourth-order valence-corrected chi connectivity index (χ4v) is 2.01. The first-order valence-electron chi connectivity index (χ1n) is 4.85. The van der Waals surface area contributed by atoms with Gasteiger partial charge in [0.05, 0.1) is 0 Å². The molecule has 0 aliphatic carbocycles. The predicted octanol–water partition coefficient (Wildman–Crippen LogP) is 3.98. The van der Waals surface area contributed by atoms with Gasteiger partial charge >= 0.3 is 0 Å². The zero-order valence-corrected chi connectivity index (χ0v) is 10.1. The van der Waals surface area contributed by atoms with Gasteiger partial charge in [0.25, 0.3) is 0 Å². The summed E-state index contributed by atoms with van der Waals surface area (Å²) in [7, 11) is 0. The molecule has 0 aromatic heterocycles. The summed E-state index contributed by atoms with van der Waals surface area (Å²) in [5.74, 6) is 1.10. The van der Waals surface area contributed by atoms with Gasteiger partial charge in [-0.15, -0.1) is 0 Å². The first-order valence-corrected chi connectivity index (χ1v) is 6.24. The lowest BCUT2D eigenvalue weighted by Gasteiger charge is -2.08. The molecule has 1 heteroatoms. The second kappa shape index (κ2) is 5.26. The van der Waals surface area contributed by atoms with Crippen molar-refractivity contribution in [3.63, 3.8) is 0 Å². The van der Waals surface area contributed by atoms with E-state index in [1.165, 1.54) is 22.3 Å². The van der Waals surface area contributed by atoms with Crippen LogP contribution in [0.2, 0.25) is 0 Å². The van der Waals surface area contributed by atoms with Gasteiger partial charge in [-0.1, -0.05) is 30.4 Å². The third-order valence-corrected chi connectivity index (χ3v) is 2.84. The van der Waals surface area contributed by atoms with Crippen LogP contribution in [0.25, 0.3) is 0 Å². The molecule has 14 heavy (non-hydrogen) atoms. The molecule has 0 amide bonds. The smallest absolute Gasteiger partial charge is 0.0181 e. The molecular formula is C13H18S. The van der Waals surface area contributed by atoms with Crippen molar-refractivity contribution in [3.8, 4) is 0 Å². The average Bonchev–Trinajstić information content (AvgIpc) is 2.10. The molecular weight excluding hydrogens is 188 g/mol. The molecule has 1 aromatic carbocycles. The Balaban J connectivity index is 2.90. The molecule has 0 saturated heterocycles.